The Balaban J connectivity index is 0.00000300. The largest absolute Gasteiger partial charge is 0.363 e. The van der Waals surface area contributed by atoms with E-state index in [1.807, 2.05) is 32.1 Å². The second-order valence-electron chi connectivity index (χ2n) is 8.49. The number of pyridine rings is 1. The van der Waals surface area contributed by atoms with Crippen LogP contribution >= 0.6 is 24.0 Å². The topological polar surface area (TPSA) is 55.8 Å². The van der Waals surface area contributed by atoms with Gasteiger partial charge in [-0.2, -0.15) is 0 Å². The Morgan fingerprint density at radius 2 is 1.76 bits per heavy atom. The first-order chi connectivity index (χ1) is 13.6. The van der Waals surface area contributed by atoms with Crippen LogP contribution in [0.25, 0.3) is 0 Å². The zero-order valence-electron chi connectivity index (χ0n) is 18.4. The number of aromatic nitrogens is 1. The molecule has 29 heavy (non-hydrogen) atoms. The van der Waals surface area contributed by atoms with Crippen molar-refractivity contribution < 1.29 is 0 Å². The highest BCUT2D eigenvalue weighted by molar-refractivity contribution is 14.0. The molecule has 2 fully saturated rings. The van der Waals surface area contributed by atoms with Gasteiger partial charge in [-0.25, -0.2) is 4.98 Å². The van der Waals surface area contributed by atoms with Gasteiger partial charge < -0.3 is 15.5 Å². The molecule has 1 aliphatic carbocycles. The number of halogens is 1. The van der Waals surface area contributed by atoms with Crippen molar-refractivity contribution in [1.82, 2.24) is 20.5 Å². The lowest BCUT2D eigenvalue weighted by Crippen LogP contribution is -2.59. The van der Waals surface area contributed by atoms with Crippen LogP contribution in [0.4, 0.5) is 5.82 Å². The predicted molar refractivity (Wildman–Crippen MR) is 133 cm³/mol. The van der Waals surface area contributed by atoms with Crippen LogP contribution in [0.1, 0.15) is 57.1 Å². The summed E-state index contributed by atoms with van der Waals surface area (Å²) in [4.78, 5) is 14.0. The molecule has 0 amide bonds. The lowest BCUT2D eigenvalue weighted by Gasteiger charge is -2.48. The zero-order valence-corrected chi connectivity index (χ0v) is 20.7. The summed E-state index contributed by atoms with van der Waals surface area (Å²) in [7, 11) is 5.89. The molecule has 0 unspecified atom stereocenters. The van der Waals surface area contributed by atoms with Crippen LogP contribution in [-0.2, 0) is 6.54 Å². The first kappa shape index (κ1) is 24.2. The van der Waals surface area contributed by atoms with Crippen LogP contribution in [0, 0.1) is 0 Å². The van der Waals surface area contributed by atoms with Crippen LogP contribution < -0.4 is 15.5 Å². The third-order valence-corrected chi connectivity index (χ3v) is 6.31. The van der Waals surface area contributed by atoms with Crippen LogP contribution in [0.15, 0.2) is 23.2 Å². The third kappa shape index (κ3) is 6.70. The summed E-state index contributed by atoms with van der Waals surface area (Å²) in [5, 5.41) is 7.09. The smallest absolute Gasteiger partial charge is 0.191 e. The van der Waals surface area contributed by atoms with E-state index in [1.54, 1.807) is 0 Å². The van der Waals surface area contributed by atoms with Gasteiger partial charge in [0.25, 0.3) is 0 Å². The van der Waals surface area contributed by atoms with Gasteiger partial charge >= 0.3 is 0 Å². The highest BCUT2D eigenvalue weighted by Gasteiger charge is 2.38. The van der Waals surface area contributed by atoms with Crippen molar-refractivity contribution in [1.29, 1.82) is 0 Å². The van der Waals surface area contributed by atoms with Gasteiger partial charge in [0.15, 0.2) is 5.96 Å². The molecule has 0 aromatic carbocycles. The van der Waals surface area contributed by atoms with Gasteiger partial charge in [0.1, 0.15) is 5.82 Å². The summed E-state index contributed by atoms with van der Waals surface area (Å²) >= 11 is 0. The first-order valence-corrected chi connectivity index (χ1v) is 11.0. The van der Waals surface area contributed by atoms with Crippen molar-refractivity contribution in [2.45, 2.75) is 63.5 Å². The van der Waals surface area contributed by atoms with E-state index < -0.39 is 0 Å². The van der Waals surface area contributed by atoms with Crippen LogP contribution in [0.5, 0.6) is 0 Å². The number of hydrogen-bond acceptors (Lipinski definition) is 4. The Morgan fingerprint density at radius 1 is 1.07 bits per heavy atom. The number of anilines is 1. The molecule has 0 bridgehead atoms. The molecule has 1 saturated carbocycles. The van der Waals surface area contributed by atoms with Gasteiger partial charge in [-0.15, -0.1) is 24.0 Å². The molecule has 2 heterocycles. The number of hydrogen-bond donors (Lipinski definition) is 2. The Morgan fingerprint density at radius 3 is 2.41 bits per heavy atom. The molecular formula is C22H39IN6. The van der Waals surface area contributed by atoms with E-state index in [0.717, 1.165) is 24.0 Å². The molecule has 1 aromatic heterocycles. The van der Waals surface area contributed by atoms with E-state index >= 15 is 0 Å². The minimum atomic E-state index is 0. The number of guanidine groups is 1. The second kappa shape index (κ2) is 11.9. The molecule has 1 aromatic rings. The average molecular weight is 515 g/mol. The Bertz CT molecular complexity index is 636. The summed E-state index contributed by atoms with van der Waals surface area (Å²) in [5.74, 6) is 1.85. The predicted octanol–water partition coefficient (Wildman–Crippen LogP) is 3.62. The molecular weight excluding hydrogens is 475 g/mol. The highest BCUT2D eigenvalue weighted by atomic mass is 127. The van der Waals surface area contributed by atoms with Crippen LogP contribution in [0.2, 0.25) is 0 Å². The summed E-state index contributed by atoms with van der Waals surface area (Å²) in [6.45, 7) is 4.18. The molecule has 6 nitrogen and oxygen atoms in total. The van der Waals surface area contributed by atoms with Gasteiger partial charge in [0, 0.05) is 33.2 Å². The van der Waals surface area contributed by atoms with E-state index in [0.29, 0.717) is 12.1 Å². The quantitative estimate of drug-likeness (QED) is 0.345. The summed E-state index contributed by atoms with van der Waals surface area (Å²) < 4.78 is 0. The number of rotatable bonds is 6. The van der Waals surface area contributed by atoms with Crippen molar-refractivity contribution in [3.63, 3.8) is 0 Å². The molecule has 0 atom stereocenters. The van der Waals surface area contributed by atoms with E-state index in [-0.39, 0.29) is 24.0 Å². The fourth-order valence-electron chi connectivity index (χ4n) is 4.64. The van der Waals surface area contributed by atoms with Gasteiger partial charge in [0.05, 0.1) is 12.2 Å². The maximum atomic E-state index is 4.69. The van der Waals surface area contributed by atoms with Crippen LogP contribution in [0.3, 0.4) is 0 Å². The molecule has 0 spiro atoms. The zero-order chi connectivity index (χ0) is 19.8. The fraction of sp³-hybridized carbons (Fsp3) is 0.727. The van der Waals surface area contributed by atoms with Crippen molar-refractivity contribution in [3.8, 4) is 0 Å². The summed E-state index contributed by atoms with van der Waals surface area (Å²) in [5.41, 5.74) is 1.33. The van der Waals surface area contributed by atoms with Crippen molar-refractivity contribution in [2.75, 3.05) is 45.7 Å². The van der Waals surface area contributed by atoms with Gasteiger partial charge in [-0.1, -0.05) is 31.7 Å². The van der Waals surface area contributed by atoms with Gasteiger partial charge in [-0.05, 0) is 50.9 Å². The first-order valence-electron chi connectivity index (χ1n) is 11.0. The van der Waals surface area contributed by atoms with Gasteiger partial charge in [-0.3, -0.25) is 9.89 Å². The molecule has 164 valence electrons. The van der Waals surface area contributed by atoms with E-state index in [9.17, 15) is 0 Å². The molecule has 0 radical (unpaired) electrons. The molecule has 7 heteroatoms. The summed E-state index contributed by atoms with van der Waals surface area (Å²) in [6.07, 6.45) is 10.8. The Kier molecular flexibility index (Phi) is 9.95. The summed E-state index contributed by atoms with van der Waals surface area (Å²) in [6, 6.07) is 6.15. The molecule has 2 N–H and O–H groups in total. The Hall–Kier alpha value is -1.09. The lowest BCUT2D eigenvalue weighted by molar-refractivity contribution is 0.0368. The lowest BCUT2D eigenvalue weighted by atomic mass is 9.79. The van der Waals surface area contributed by atoms with Crippen LogP contribution in [-0.4, -0.2) is 62.2 Å². The standard InChI is InChI=1S/C22H38N6.HI/c1-23-21(24-17-19-11-10-12-20(26-19)27(2)3)25-18-22(13-6-4-7-14-22)28-15-8-5-9-16-28;/h10-12H,4-9,13-18H2,1-3H3,(H2,23,24,25);1H. The molecule has 1 aliphatic heterocycles. The number of piperidine rings is 1. The number of likely N-dealkylation sites (tertiary alicyclic amines) is 1. The van der Waals surface area contributed by atoms with E-state index in [1.165, 1.54) is 64.5 Å². The van der Waals surface area contributed by atoms with Crippen molar-refractivity contribution >= 4 is 35.8 Å². The van der Waals surface area contributed by atoms with Gasteiger partial charge in [0.2, 0.25) is 0 Å². The number of nitrogens with one attached hydrogen (secondary N) is 2. The monoisotopic (exact) mass is 514 g/mol. The fourth-order valence-corrected chi connectivity index (χ4v) is 4.64. The molecule has 2 aliphatic rings. The maximum Gasteiger partial charge on any atom is 0.191 e. The van der Waals surface area contributed by atoms with Crippen molar-refractivity contribution in [2.24, 2.45) is 4.99 Å². The van der Waals surface area contributed by atoms with E-state index in [2.05, 4.69) is 37.6 Å². The SMILES string of the molecule is CN=C(NCc1cccc(N(C)C)n1)NCC1(N2CCCCC2)CCCCC1.I. The average Bonchev–Trinajstić information content (AvgIpc) is 2.75. The molecule has 3 rings (SSSR count). The number of nitrogens with zero attached hydrogens (tertiary/aromatic N) is 4. The highest BCUT2D eigenvalue weighted by Crippen LogP contribution is 2.35. The second-order valence-corrected chi connectivity index (χ2v) is 8.49. The normalized spacial score (nSPS) is 19.9. The third-order valence-electron chi connectivity index (χ3n) is 6.31. The number of aliphatic imine (C=N–C) groups is 1. The minimum Gasteiger partial charge on any atom is -0.363 e. The Labute approximate surface area is 194 Å². The minimum absolute atomic E-state index is 0. The maximum absolute atomic E-state index is 4.69. The van der Waals surface area contributed by atoms with Crippen molar-refractivity contribution in [3.05, 3.63) is 23.9 Å². The molecule has 1 saturated heterocycles. The van der Waals surface area contributed by atoms with E-state index in [4.69, 9.17) is 0 Å².